The largest absolute Gasteiger partial charge is 0.301 e. The Morgan fingerprint density at radius 3 is 2.94 bits per heavy atom. The summed E-state index contributed by atoms with van der Waals surface area (Å²) in [5.74, 6) is 2.15. The molecule has 2 fully saturated rings. The molecule has 0 amide bonds. The zero-order valence-corrected chi connectivity index (χ0v) is 11.3. The van der Waals surface area contributed by atoms with Gasteiger partial charge in [0.2, 0.25) is 0 Å². The van der Waals surface area contributed by atoms with Crippen LogP contribution < -0.4 is 0 Å². The first-order chi connectivity index (χ1) is 7.57. The normalized spacial score (nSPS) is 30.9. The monoisotopic (exact) mass is 241 g/mol. The Labute approximate surface area is 103 Å². The Hall–Kier alpha value is -0.0200. The number of hydrogen-bond donors (Lipinski definition) is 0. The number of carbonyl (C=O) groups excluding carboxylic acids is 1. The van der Waals surface area contributed by atoms with Gasteiger partial charge in [-0.05, 0) is 39.7 Å². The number of thioether (sulfide) groups is 1. The maximum absolute atomic E-state index is 11.6. The van der Waals surface area contributed by atoms with E-state index in [1.54, 1.807) is 0 Å². The highest BCUT2D eigenvalue weighted by atomic mass is 32.2. The number of Topliss-reactive ketones (excluding diaryl/α,β-unsaturated/α-hetero) is 1. The van der Waals surface area contributed by atoms with E-state index in [1.165, 1.54) is 18.8 Å². The molecule has 0 bridgehead atoms. The molecule has 2 nitrogen and oxygen atoms in total. The average Bonchev–Trinajstić information content (AvgIpc) is 2.60. The van der Waals surface area contributed by atoms with Crippen molar-refractivity contribution in [2.75, 3.05) is 25.4 Å². The van der Waals surface area contributed by atoms with Gasteiger partial charge in [-0.1, -0.05) is 0 Å². The molecule has 0 radical (unpaired) electrons. The fourth-order valence-corrected chi connectivity index (χ4v) is 4.01. The van der Waals surface area contributed by atoms with Gasteiger partial charge < -0.3 is 4.90 Å². The van der Waals surface area contributed by atoms with E-state index in [9.17, 15) is 4.79 Å². The summed E-state index contributed by atoms with van der Waals surface area (Å²) in [5.41, 5.74) is 0. The fourth-order valence-electron chi connectivity index (χ4n) is 2.84. The van der Waals surface area contributed by atoms with E-state index in [2.05, 4.69) is 30.5 Å². The Kier molecular flexibility index (Phi) is 3.96. The van der Waals surface area contributed by atoms with Crippen LogP contribution in [-0.2, 0) is 4.79 Å². The van der Waals surface area contributed by atoms with E-state index in [1.807, 2.05) is 0 Å². The number of carbonyl (C=O) groups is 1. The second-order valence-corrected chi connectivity index (χ2v) is 7.53. The van der Waals surface area contributed by atoms with Gasteiger partial charge in [0.1, 0.15) is 5.78 Å². The van der Waals surface area contributed by atoms with Crippen molar-refractivity contribution in [3.63, 3.8) is 0 Å². The SMILES string of the molecule is CC1(C)CN(CCC2CCCC2=O)CCS1. The third-order valence-electron chi connectivity index (χ3n) is 3.73. The molecular formula is C13H23NOS. The minimum absolute atomic E-state index is 0.387. The molecule has 2 rings (SSSR count). The van der Waals surface area contributed by atoms with Crippen molar-refractivity contribution < 1.29 is 4.79 Å². The van der Waals surface area contributed by atoms with E-state index < -0.39 is 0 Å². The first kappa shape index (κ1) is 12.4. The molecule has 16 heavy (non-hydrogen) atoms. The van der Waals surface area contributed by atoms with E-state index in [0.29, 0.717) is 16.4 Å². The van der Waals surface area contributed by atoms with E-state index in [-0.39, 0.29) is 0 Å². The van der Waals surface area contributed by atoms with Crippen LogP contribution in [0.15, 0.2) is 0 Å². The Balaban J connectivity index is 1.75. The molecule has 0 aromatic carbocycles. The molecule has 1 unspecified atom stereocenters. The maximum Gasteiger partial charge on any atom is 0.136 e. The summed E-state index contributed by atoms with van der Waals surface area (Å²) < 4.78 is 0.401. The van der Waals surface area contributed by atoms with Gasteiger partial charge in [0.15, 0.2) is 0 Å². The Morgan fingerprint density at radius 2 is 2.31 bits per heavy atom. The molecule has 2 aliphatic rings. The second-order valence-electron chi connectivity index (χ2n) is 5.73. The van der Waals surface area contributed by atoms with Crippen molar-refractivity contribution in [3.8, 4) is 0 Å². The molecule has 1 heterocycles. The van der Waals surface area contributed by atoms with Crippen LogP contribution in [0.4, 0.5) is 0 Å². The van der Waals surface area contributed by atoms with Crippen LogP contribution in [0.2, 0.25) is 0 Å². The summed E-state index contributed by atoms with van der Waals surface area (Å²) in [6, 6.07) is 0. The van der Waals surface area contributed by atoms with E-state index in [0.717, 1.165) is 32.2 Å². The highest BCUT2D eigenvalue weighted by Gasteiger charge is 2.29. The van der Waals surface area contributed by atoms with Crippen molar-refractivity contribution >= 4 is 17.5 Å². The molecule has 1 saturated heterocycles. The van der Waals surface area contributed by atoms with Gasteiger partial charge in [-0.15, -0.1) is 0 Å². The lowest BCUT2D eigenvalue weighted by Crippen LogP contribution is -2.43. The quantitative estimate of drug-likeness (QED) is 0.757. The van der Waals surface area contributed by atoms with Crippen LogP contribution in [0.3, 0.4) is 0 Å². The summed E-state index contributed by atoms with van der Waals surface area (Å²) in [6.45, 7) is 8.16. The minimum atomic E-state index is 0.387. The number of hydrogen-bond acceptors (Lipinski definition) is 3. The van der Waals surface area contributed by atoms with Crippen molar-refractivity contribution in [1.29, 1.82) is 0 Å². The zero-order chi connectivity index (χ0) is 11.6. The summed E-state index contributed by atoms with van der Waals surface area (Å²) >= 11 is 2.07. The van der Waals surface area contributed by atoms with Gasteiger partial charge in [-0.3, -0.25) is 4.79 Å². The van der Waals surface area contributed by atoms with E-state index >= 15 is 0 Å². The van der Waals surface area contributed by atoms with Crippen LogP contribution in [0.5, 0.6) is 0 Å². The number of nitrogens with zero attached hydrogens (tertiary/aromatic N) is 1. The summed E-state index contributed by atoms with van der Waals surface area (Å²) in [6.07, 6.45) is 4.21. The Bertz CT molecular complexity index is 265. The van der Waals surface area contributed by atoms with Crippen LogP contribution in [0, 0.1) is 5.92 Å². The van der Waals surface area contributed by atoms with Gasteiger partial charge in [-0.25, -0.2) is 0 Å². The van der Waals surface area contributed by atoms with Crippen molar-refractivity contribution in [2.24, 2.45) is 5.92 Å². The molecule has 0 aromatic heterocycles. The van der Waals surface area contributed by atoms with Crippen LogP contribution in [0.25, 0.3) is 0 Å². The molecule has 0 aromatic rings. The lowest BCUT2D eigenvalue weighted by atomic mass is 10.0. The van der Waals surface area contributed by atoms with Crippen LogP contribution in [0.1, 0.15) is 39.5 Å². The molecule has 0 spiro atoms. The second kappa shape index (κ2) is 5.09. The lowest BCUT2D eigenvalue weighted by molar-refractivity contribution is -0.120. The van der Waals surface area contributed by atoms with Crippen molar-refractivity contribution in [3.05, 3.63) is 0 Å². The summed E-state index contributed by atoms with van der Waals surface area (Å²) in [7, 11) is 0. The summed E-state index contributed by atoms with van der Waals surface area (Å²) in [5, 5.41) is 0. The number of rotatable bonds is 3. The first-order valence-electron chi connectivity index (χ1n) is 6.46. The van der Waals surface area contributed by atoms with Gasteiger partial charge in [0, 0.05) is 35.9 Å². The predicted molar refractivity (Wildman–Crippen MR) is 69.9 cm³/mol. The van der Waals surface area contributed by atoms with Crippen LogP contribution in [-0.4, -0.2) is 40.8 Å². The fraction of sp³-hybridized carbons (Fsp3) is 0.923. The molecule has 1 atom stereocenters. The molecule has 1 aliphatic heterocycles. The highest BCUT2D eigenvalue weighted by Crippen LogP contribution is 2.30. The minimum Gasteiger partial charge on any atom is -0.301 e. The highest BCUT2D eigenvalue weighted by molar-refractivity contribution is 8.00. The lowest BCUT2D eigenvalue weighted by Gasteiger charge is -2.37. The standard InChI is InChI=1S/C13H23NOS/c1-13(2)10-14(8-9-16-13)7-6-11-4-3-5-12(11)15/h11H,3-10H2,1-2H3. The molecular weight excluding hydrogens is 218 g/mol. The van der Waals surface area contributed by atoms with Crippen LogP contribution >= 0.6 is 11.8 Å². The van der Waals surface area contributed by atoms with Gasteiger partial charge in [0.25, 0.3) is 0 Å². The third kappa shape index (κ3) is 3.24. The maximum atomic E-state index is 11.6. The first-order valence-corrected chi connectivity index (χ1v) is 7.44. The summed E-state index contributed by atoms with van der Waals surface area (Å²) in [4.78, 5) is 14.1. The smallest absolute Gasteiger partial charge is 0.136 e. The van der Waals surface area contributed by atoms with Crippen molar-refractivity contribution in [2.45, 2.75) is 44.3 Å². The Morgan fingerprint density at radius 1 is 1.50 bits per heavy atom. The topological polar surface area (TPSA) is 20.3 Å². The molecule has 0 N–H and O–H groups in total. The van der Waals surface area contributed by atoms with Gasteiger partial charge in [0.05, 0.1) is 0 Å². The molecule has 92 valence electrons. The third-order valence-corrected chi connectivity index (χ3v) is 5.03. The molecule has 1 saturated carbocycles. The average molecular weight is 241 g/mol. The zero-order valence-electron chi connectivity index (χ0n) is 10.5. The molecule has 3 heteroatoms. The number of ketones is 1. The van der Waals surface area contributed by atoms with E-state index in [4.69, 9.17) is 0 Å². The van der Waals surface area contributed by atoms with Gasteiger partial charge in [-0.2, -0.15) is 11.8 Å². The predicted octanol–water partition coefficient (Wildman–Crippen LogP) is 2.57. The molecule has 1 aliphatic carbocycles. The van der Waals surface area contributed by atoms with Gasteiger partial charge >= 0.3 is 0 Å². The van der Waals surface area contributed by atoms with Crippen molar-refractivity contribution in [1.82, 2.24) is 4.90 Å².